The van der Waals surface area contributed by atoms with Crippen molar-refractivity contribution in [2.75, 3.05) is 6.54 Å². The molecule has 2 rings (SSSR count). The van der Waals surface area contributed by atoms with Crippen LogP contribution in [0.5, 0.6) is 0 Å². The van der Waals surface area contributed by atoms with E-state index in [4.69, 9.17) is 5.73 Å². The number of imidazole rings is 1. The molecule has 98 valence electrons. The Bertz CT molecular complexity index is 679. The van der Waals surface area contributed by atoms with Crippen molar-refractivity contribution < 1.29 is 0 Å². The van der Waals surface area contributed by atoms with E-state index >= 15 is 0 Å². The first kappa shape index (κ1) is 12.6. The Hall–Kier alpha value is -1.89. The molecule has 7 nitrogen and oxygen atoms in total. The van der Waals surface area contributed by atoms with E-state index in [-0.39, 0.29) is 11.2 Å². The lowest BCUT2D eigenvalue weighted by Gasteiger charge is -2.07. The van der Waals surface area contributed by atoms with E-state index < -0.39 is 0 Å². The van der Waals surface area contributed by atoms with Gasteiger partial charge in [0.1, 0.15) is 0 Å². The van der Waals surface area contributed by atoms with Crippen molar-refractivity contribution in [1.82, 2.24) is 18.7 Å². The maximum Gasteiger partial charge on any atom is 0.332 e. The van der Waals surface area contributed by atoms with Crippen molar-refractivity contribution in [2.45, 2.75) is 26.4 Å². The molecule has 0 radical (unpaired) electrons. The van der Waals surface area contributed by atoms with Gasteiger partial charge < -0.3 is 10.3 Å². The summed E-state index contributed by atoms with van der Waals surface area (Å²) in [6, 6.07) is 0. The van der Waals surface area contributed by atoms with Crippen molar-refractivity contribution in [1.29, 1.82) is 0 Å². The molecule has 0 aliphatic heterocycles. The second-order valence-electron chi connectivity index (χ2n) is 4.14. The summed E-state index contributed by atoms with van der Waals surface area (Å²) in [6.45, 7) is 3.51. The quantitative estimate of drug-likeness (QED) is 0.775. The van der Waals surface area contributed by atoms with Crippen molar-refractivity contribution in [3.63, 3.8) is 0 Å². The van der Waals surface area contributed by atoms with Crippen LogP contribution < -0.4 is 17.0 Å². The van der Waals surface area contributed by atoms with Gasteiger partial charge in [-0.3, -0.25) is 13.9 Å². The van der Waals surface area contributed by atoms with Crippen LogP contribution in [0.1, 0.15) is 13.3 Å². The van der Waals surface area contributed by atoms with Crippen molar-refractivity contribution in [2.24, 2.45) is 12.8 Å². The number of fused-ring (bicyclic) bond motifs is 1. The van der Waals surface area contributed by atoms with Gasteiger partial charge in [0, 0.05) is 20.1 Å². The highest BCUT2D eigenvalue weighted by Crippen LogP contribution is 2.06. The third kappa shape index (κ3) is 1.76. The third-order valence-corrected chi connectivity index (χ3v) is 3.02. The first-order valence-electron chi connectivity index (χ1n) is 5.96. The molecule has 7 heteroatoms. The molecule has 0 fully saturated rings. The maximum absolute atomic E-state index is 12.1. The first-order valence-corrected chi connectivity index (χ1v) is 5.96. The summed E-state index contributed by atoms with van der Waals surface area (Å²) in [5, 5.41) is 0. The zero-order chi connectivity index (χ0) is 13.3. The van der Waals surface area contributed by atoms with Crippen LogP contribution in [0, 0.1) is 0 Å². The first-order chi connectivity index (χ1) is 8.61. The molecule has 0 bridgehead atoms. The molecule has 0 saturated heterocycles. The highest BCUT2D eigenvalue weighted by Gasteiger charge is 2.14. The van der Waals surface area contributed by atoms with Gasteiger partial charge in [0.05, 0.1) is 6.33 Å². The average Bonchev–Trinajstić information content (AvgIpc) is 2.78. The van der Waals surface area contributed by atoms with E-state index in [1.807, 2.05) is 6.92 Å². The Balaban J connectivity index is 2.78. The number of rotatable bonds is 4. The predicted octanol–water partition coefficient (Wildman–Crippen LogP) is -0.735. The van der Waals surface area contributed by atoms with Crippen LogP contribution in [0.2, 0.25) is 0 Å². The standard InChI is InChI=1S/C11H17N5O2/c1-3-16-9-8(10(17)14(2)11(16)18)15(7-13-9)6-4-5-12/h7H,3-6,12H2,1-2H3. The molecule has 0 amide bonds. The van der Waals surface area contributed by atoms with Crippen LogP contribution in [0.3, 0.4) is 0 Å². The van der Waals surface area contributed by atoms with E-state index in [0.717, 1.165) is 11.0 Å². The fourth-order valence-corrected chi connectivity index (χ4v) is 2.02. The molecule has 2 aromatic heterocycles. The number of aryl methyl sites for hydroxylation is 2. The largest absolute Gasteiger partial charge is 0.332 e. The third-order valence-electron chi connectivity index (χ3n) is 3.02. The summed E-state index contributed by atoms with van der Waals surface area (Å²) in [6.07, 6.45) is 2.35. The highest BCUT2D eigenvalue weighted by atomic mass is 16.2. The van der Waals surface area contributed by atoms with Gasteiger partial charge in [0.15, 0.2) is 11.2 Å². The van der Waals surface area contributed by atoms with Gasteiger partial charge >= 0.3 is 5.69 Å². The molecule has 0 aliphatic carbocycles. The lowest BCUT2D eigenvalue weighted by atomic mass is 10.4. The zero-order valence-electron chi connectivity index (χ0n) is 10.6. The monoisotopic (exact) mass is 251 g/mol. The van der Waals surface area contributed by atoms with Crippen LogP contribution in [0.25, 0.3) is 11.2 Å². The molecule has 18 heavy (non-hydrogen) atoms. The Morgan fingerprint density at radius 2 is 2.11 bits per heavy atom. The van der Waals surface area contributed by atoms with Gasteiger partial charge in [-0.15, -0.1) is 0 Å². The van der Waals surface area contributed by atoms with Gasteiger partial charge in [-0.05, 0) is 19.9 Å². The zero-order valence-corrected chi connectivity index (χ0v) is 10.6. The Kier molecular flexibility index (Phi) is 3.33. The predicted molar refractivity (Wildman–Crippen MR) is 68.6 cm³/mol. The minimum absolute atomic E-state index is 0.311. The van der Waals surface area contributed by atoms with Crippen molar-refractivity contribution in [3.05, 3.63) is 27.2 Å². The summed E-state index contributed by atoms with van der Waals surface area (Å²) in [5.41, 5.74) is 5.73. The van der Waals surface area contributed by atoms with Gasteiger partial charge in [0.2, 0.25) is 0 Å². The summed E-state index contributed by atoms with van der Waals surface area (Å²) < 4.78 is 4.37. The average molecular weight is 251 g/mol. The van der Waals surface area contributed by atoms with Gasteiger partial charge in [0.25, 0.3) is 5.56 Å². The summed E-state index contributed by atoms with van der Waals surface area (Å²) in [5.74, 6) is 0. The number of nitrogens with two attached hydrogens (primary N) is 1. The molecule has 0 spiro atoms. The van der Waals surface area contributed by atoms with Crippen LogP contribution in [0.15, 0.2) is 15.9 Å². The van der Waals surface area contributed by atoms with E-state index in [9.17, 15) is 9.59 Å². The molecule has 0 aliphatic rings. The number of hydrogen-bond donors (Lipinski definition) is 1. The second kappa shape index (κ2) is 4.77. The number of hydrogen-bond acceptors (Lipinski definition) is 4. The minimum atomic E-state index is -0.334. The Labute approximate surface area is 103 Å². The van der Waals surface area contributed by atoms with E-state index in [2.05, 4.69) is 4.98 Å². The van der Waals surface area contributed by atoms with Crippen molar-refractivity contribution >= 4 is 11.2 Å². The van der Waals surface area contributed by atoms with E-state index in [1.165, 1.54) is 11.6 Å². The second-order valence-corrected chi connectivity index (χ2v) is 4.14. The summed E-state index contributed by atoms with van der Waals surface area (Å²) in [4.78, 5) is 28.2. The topological polar surface area (TPSA) is 87.8 Å². The Morgan fingerprint density at radius 3 is 2.72 bits per heavy atom. The van der Waals surface area contributed by atoms with Crippen molar-refractivity contribution in [3.8, 4) is 0 Å². The molecule has 0 unspecified atom stereocenters. The number of aromatic nitrogens is 4. The Morgan fingerprint density at radius 1 is 1.39 bits per heavy atom. The lowest BCUT2D eigenvalue weighted by molar-refractivity contribution is 0.638. The molecule has 0 saturated carbocycles. The molecule has 0 atom stereocenters. The van der Waals surface area contributed by atoms with E-state index in [0.29, 0.717) is 30.8 Å². The highest BCUT2D eigenvalue weighted by molar-refractivity contribution is 5.70. The summed E-state index contributed by atoms with van der Waals surface area (Å²) in [7, 11) is 1.48. The van der Waals surface area contributed by atoms with Crippen LogP contribution in [-0.4, -0.2) is 25.2 Å². The minimum Gasteiger partial charge on any atom is -0.330 e. The van der Waals surface area contributed by atoms with Crippen LogP contribution in [-0.2, 0) is 20.1 Å². The van der Waals surface area contributed by atoms with Crippen LogP contribution >= 0.6 is 0 Å². The smallest absolute Gasteiger partial charge is 0.330 e. The van der Waals surface area contributed by atoms with Gasteiger partial charge in [-0.1, -0.05) is 0 Å². The molecular formula is C11H17N5O2. The molecule has 0 aromatic carbocycles. The fourth-order valence-electron chi connectivity index (χ4n) is 2.02. The molecule has 2 N–H and O–H groups in total. The SMILES string of the molecule is CCn1c(=O)n(C)c(=O)c2c1ncn2CCCN. The fraction of sp³-hybridized carbons (Fsp3) is 0.545. The number of nitrogens with zero attached hydrogens (tertiary/aromatic N) is 4. The maximum atomic E-state index is 12.1. The van der Waals surface area contributed by atoms with E-state index in [1.54, 1.807) is 10.9 Å². The normalized spacial score (nSPS) is 11.3. The molecule has 2 heterocycles. The lowest BCUT2D eigenvalue weighted by Crippen LogP contribution is -2.38. The van der Waals surface area contributed by atoms with Crippen LogP contribution in [0.4, 0.5) is 0 Å². The van der Waals surface area contributed by atoms with Gasteiger partial charge in [-0.25, -0.2) is 9.78 Å². The molecule has 2 aromatic rings. The van der Waals surface area contributed by atoms with Gasteiger partial charge in [-0.2, -0.15) is 0 Å². The summed E-state index contributed by atoms with van der Waals surface area (Å²) >= 11 is 0. The molecular weight excluding hydrogens is 234 g/mol.